The minimum Gasteiger partial charge on any atom is -0.487 e. The van der Waals surface area contributed by atoms with Crippen LogP contribution in [-0.2, 0) is 19.2 Å². The van der Waals surface area contributed by atoms with Gasteiger partial charge in [-0.2, -0.15) is 13.2 Å². The zero-order chi connectivity index (χ0) is 17.0. The maximum Gasteiger partial charge on any atom is 0.420 e. The van der Waals surface area contributed by atoms with Gasteiger partial charge in [0.25, 0.3) is 5.69 Å². The molecule has 0 aliphatic carbocycles. The molecule has 0 atom stereocenters. The fourth-order valence-corrected chi connectivity index (χ4v) is 2.76. The average Bonchev–Trinajstić information content (AvgIpc) is 2.92. The van der Waals surface area contributed by atoms with Gasteiger partial charge in [-0.15, -0.1) is 11.3 Å². The van der Waals surface area contributed by atoms with Crippen LogP contribution in [0.5, 0.6) is 5.75 Å². The molecule has 0 spiro atoms. The molecule has 2 aromatic rings. The lowest BCUT2D eigenvalue weighted by Gasteiger charge is -2.13. The molecule has 1 aromatic heterocycles. The third-order valence-electron chi connectivity index (χ3n) is 2.92. The molecule has 9 heteroatoms. The topological polar surface area (TPSA) is 65.3 Å². The maximum absolute atomic E-state index is 13.0. The Morgan fingerprint density at radius 3 is 2.74 bits per heavy atom. The number of nitro groups is 1. The van der Waals surface area contributed by atoms with Crippen LogP contribution >= 0.6 is 11.3 Å². The van der Waals surface area contributed by atoms with Crippen LogP contribution in [0.1, 0.15) is 29.6 Å². The molecular weight excluding hydrogens is 333 g/mol. The molecule has 0 radical (unpaired) electrons. The monoisotopic (exact) mass is 346 g/mol. The number of thiazole rings is 1. The van der Waals surface area contributed by atoms with Crippen molar-refractivity contribution in [3.63, 3.8) is 0 Å². The third-order valence-corrected chi connectivity index (χ3v) is 3.88. The van der Waals surface area contributed by atoms with Crippen molar-refractivity contribution < 1.29 is 22.8 Å². The van der Waals surface area contributed by atoms with E-state index in [1.54, 1.807) is 5.38 Å². The van der Waals surface area contributed by atoms with Gasteiger partial charge in [0.15, 0.2) is 0 Å². The highest BCUT2D eigenvalue weighted by Gasteiger charge is 2.36. The van der Waals surface area contributed by atoms with Gasteiger partial charge in [0.1, 0.15) is 17.9 Å². The fourth-order valence-electron chi connectivity index (χ4n) is 1.87. The number of benzene rings is 1. The van der Waals surface area contributed by atoms with Crippen molar-refractivity contribution in [2.75, 3.05) is 0 Å². The lowest BCUT2D eigenvalue weighted by molar-refractivity contribution is -0.385. The van der Waals surface area contributed by atoms with Crippen molar-refractivity contribution in [2.24, 2.45) is 0 Å². The highest BCUT2D eigenvalue weighted by molar-refractivity contribution is 7.09. The Bertz CT molecular complexity index is 701. The Morgan fingerprint density at radius 1 is 1.39 bits per heavy atom. The number of nitro benzene ring substituents is 1. The van der Waals surface area contributed by atoms with Crippen molar-refractivity contribution in [3.05, 3.63) is 50.0 Å². The first kappa shape index (κ1) is 17.2. The van der Waals surface area contributed by atoms with E-state index >= 15 is 0 Å². The minimum atomic E-state index is -4.74. The van der Waals surface area contributed by atoms with Crippen molar-refractivity contribution in [3.8, 4) is 5.75 Å². The van der Waals surface area contributed by atoms with Crippen molar-refractivity contribution in [2.45, 2.75) is 32.5 Å². The van der Waals surface area contributed by atoms with Gasteiger partial charge < -0.3 is 4.74 Å². The Balaban J connectivity index is 2.19. The summed E-state index contributed by atoms with van der Waals surface area (Å²) in [4.78, 5) is 14.0. The minimum absolute atomic E-state index is 0.124. The van der Waals surface area contributed by atoms with Gasteiger partial charge >= 0.3 is 6.18 Å². The molecular formula is C14H13F3N2O3S. The smallest absolute Gasteiger partial charge is 0.420 e. The normalized spacial score (nSPS) is 11.5. The number of rotatable bonds is 6. The molecule has 5 nitrogen and oxygen atoms in total. The molecule has 0 fully saturated rings. The summed E-state index contributed by atoms with van der Waals surface area (Å²) in [5.41, 5.74) is -1.27. The van der Waals surface area contributed by atoms with Gasteiger partial charge in [0, 0.05) is 17.5 Å². The van der Waals surface area contributed by atoms with E-state index in [-0.39, 0.29) is 6.61 Å². The summed E-state index contributed by atoms with van der Waals surface area (Å²) in [5, 5.41) is 13.2. The number of ether oxygens (including phenoxy) is 1. The fraction of sp³-hybridized carbons (Fsp3) is 0.357. The highest BCUT2D eigenvalue weighted by Crippen LogP contribution is 2.38. The summed E-state index contributed by atoms with van der Waals surface area (Å²) in [7, 11) is 0. The van der Waals surface area contributed by atoms with Crippen LogP contribution in [0.25, 0.3) is 0 Å². The molecule has 0 amide bonds. The second-order valence-corrected chi connectivity index (χ2v) is 5.65. The number of nitrogens with zero attached hydrogens (tertiary/aromatic N) is 2. The van der Waals surface area contributed by atoms with Crippen LogP contribution in [0.4, 0.5) is 18.9 Å². The summed E-state index contributed by atoms with van der Waals surface area (Å²) in [6.45, 7) is 1.88. The van der Waals surface area contributed by atoms with E-state index in [9.17, 15) is 23.3 Å². The summed E-state index contributed by atoms with van der Waals surface area (Å²) < 4.78 is 44.2. The Labute approximate surface area is 133 Å². The molecule has 23 heavy (non-hydrogen) atoms. The molecule has 0 bridgehead atoms. The number of alkyl halides is 3. The SMILES string of the molecule is CCCc1nc(COc2ccc([N+](=O)[O-])cc2C(F)(F)F)cs1. The van der Waals surface area contributed by atoms with Crippen LogP contribution < -0.4 is 4.74 Å². The molecule has 1 heterocycles. The second-order valence-electron chi connectivity index (χ2n) is 4.71. The molecule has 1 aromatic carbocycles. The summed E-state index contributed by atoms with van der Waals surface area (Å²) in [6, 6.07) is 2.41. The highest BCUT2D eigenvalue weighted by atomic mass is 32.1. The van der Waals surface area contributed by atoms with Gasteiger partial charge in [-0.25, -0.2) is 4.98 Å². The third kappa shape index (κ3) is 4.41. The maximum atomic E-state index is 13.0. The van der Waals surface area contributed by atoms with E-state index in [0.717, 1.165) is 30.0 Å². The standard InChI is InChI=1S/C14H13F3N2O3S/c1-2-3-13-18-9(8-23-13)7-22-12-5-4-10(19(20)21)6-11(12)14(15,16)17/h4-6,8H,2-3,7H2,1H3. The number of non-ortho nitro benzene ring substituents is 1. The van der Waals surface area contributed by atoms with Gasteiger partial charge in [0.2, 0.25) is 0 Å². The first-order valence-corrected chi connectivity index (χ1v) is 7.61. The first-order chi connectivity index (χ1) is 10.8. The van der Waals surface area contributed by atoms with Crippen molar-refractivity contribution in [1.29, 1.82) is 0 Å². The Hall–Kier alpha value is -2.16. The van der Waals surface area contributed by atoms with Crippen LogP contribution in [0.15, 0.2) is 23.6 Å². The molecule has 0 aliphatic rings. The first-order valence-electron chi connectivity index (χ1n) is 6.73. The lowest BCUT2D eigenvalue weighted by Crippen LogP contribution is -2.09. The number of hydrogen-bond donors (Lipinski definition) is 0. The number of halogens is 3. The molecule has 0 N–H and O–H groups in total. The number of hydrogen-bond acceptors (Lipinski definition) is 5. The second kappa shape index (κ2) is 6.95. The van der Waals surface area contributed by atoms with Gasteiger partial charge in [-0.3, -0.25) is 10.1 Å². The predicted octanol–water partition coefficient (Wildman–Crippen LogP) is 4.60. The van der Waals surface area contributed by atoms with E-state index in [2.05, 4.69) is 4.98 Å². The van der Waals surface area contributed by atoms with Crippen LogP contribution in [-0.4, -0.2) is 9.91 Å². The Kier molecular flexibility index (Phi) is 5.19. The lowest BCUT2D eigenvalue weighted by atomic mass is 10.1. The van der Waals surface area contributed by atoms with E-state index in [1.807, 2.05) is 6.92 Å². The van der Waals surface area contributed by atoms with Crippen molar-refractivity contribution >= 4 is 17.0 Å². The number of aromatic nitrogens is 1. The van der Waals surface area contributed by atoms with E-state index in [0.29, 0.717) is 11.8 Å². The van der Waals surface area contributed by atoms with Crippen LogP contribution in [0, 0.1) is 10.1 Å². The molecule has 0 unspecified atom stereocenters. The summed E-state index contributed by atoms with van der Waals surface area (Å²) in [6.07, 6.45) is -3.01. The van der Waals surface area contributed by atoms with E-state index < -0.39 is 28.1 Å². The Morgan fingerprint density at radius 2 is 2.13 bits per heavy atom. The number of aryl methyl sites for hydroxylation is 1. The predicted molar refractivity (Wildman–Crippen MR) is 78.5 cm³/mol. The van der Waals surface area contributed by atoms with Gasteiger partial charge in [-0.05, 0) is 18.9 Å². The molecule has 0 saturated heterocycles. The zero-order valence-corrected chi connectivity index (χ0v) is 12.9. The van der Waals surface area contributed by atoms with Gasteiger partial charge in [-0.1, -0.05) is 6.92 Å². The molecule has 0 aliphatic heterocycles. The summed E-state index contributed by atoms with van der Waals surface area (Å²) in [5.74, 6) is -0.451. The van der Waals surface area contributed by atoms with E-state index in [4.69, 9.17) is 4.74 Å². The zero-order valence-electron chi connectivity index (χ0n) is 12.1. The largest absolute Gasteiger partial charge is 0.487 e. The van der Waals surface area contributed by atoms with Gasteiger partial charge in [0.05, 0.1) is 15.6 Å². The average molecular weight is 346 g/mol. The molecule has 2 rings (SSSR count). The molecule has 124 valence electrons. The van der Waals surface area contributed by atoms with Crippen molar-refractivity contribution in [1.82, 2.24) is 4.98 Å². The van der Waals surface area contributed by atoms with E-state index in [1.165, 1.54) is 11.3 Å². The molecule has 0 saturated carbocycles. The summed E-state index contributed by atoms with van der Waals surface area (Å²) >= 11 is 1.42. The van der Waals surface area contributed by atoms with Crippen LogP contribution in [0.2, 0.25) is 0 Å². The quantitative estimate of drug-likeness (QED) is 0.566. The van der Waals surface area contributed by atoms with Crippen LogP contribution in [0.3, 0.4) is 0 Å².